The van der Waals surface area contributed by atoms with Crippen molar-refractivity contribution in [3.8, 4) is 0 Å². The van der Waals surface area contributed by atoms with Crippen LogP contribution in [0.2, 0.25) is 0 Å². The maximum Gasteiger partial charge on any atom is 0.257 e. The summed E-state index contributed by atoms with van der Waals surface area (Å²) in [6.45, 7) is 0.333. The molecule has 0 saturated carbocycles. The van der Waals surface area contributed by atoms with Crippen molar-refractivity contribution in [2.24, 2.45) is 5.73 Å². The van der Waals surface area contributed by atoms with E-state index in [1.807, 2.05) is 12.1 Å². The lowest BCUT2D eigenvalue weighted by Gasteiger charge is -2.27. The second kappa shape index (κ2) is 4.51. The summed E-state index contributed by atoms with van der Waals surface area (Å²) < 4.78 is 10.4. The van der Waals surface area contributed by atoms with Crippen LogP contribution < -0.4 is 5.73 Å². The van der Waals surface area contributed by atoms with E-state index in [1.54, 1.807) is 7.11 Å². The summed E-state index contributed by atoms with van der Waals surface area (Å²) in [5.74, 6) is 1.42. The topological polar surface area (TPSA) is 74.2 Å². The molecule has 18 heavy (non-hydrogen) atoms. The van der Waals surface area contributed by atoms with Crippen LogP contribution in [0, 0.1) is 0 Å². The van der Waals surface area contributed by atoms with Crippen molar-refractivity contribution in [2.75, 3.05) is 13.7 Å². The third-order valence-corrected chi connectivity index (χ3v) is 3.40. The number of methoxy groups -OCH3 is 1. The first-order valence-electron chi connectivity index (χ1n) is 5.97. The van der Waals surface area contributed by atoms with Crippen LogP contribution in [-0.2, 0) is 11.2 Å². The lowest BCUT2D eigenvalue weighted by molar-refractivity contribution is 0.0804. The Bertz CT molecular complexity index is 549. The van der Waals surface area contributed by atoms with Crippen molar-refractivity contribution in [3.63, 3.8) is 0 Å². The average molecular weight is 245 g/mol. The maximum absolute atomic E-state index is 5.57. The Morgan fingerprint density at radius 2 is 2.33 bits per heavy atom. The Balaban J connectivity index is 1.84. The third-order valence-electron chi connectivity index (χ3n) is 3.40. The first kappa shape index (κ1) is 11.4. The normalized spacial score (nSPS) is 19.1. The number of rotatable bonds is 4. The van der Waals surface area contributed by atoms with Gasteiger partial charge in [0.1, 0.15) is 6.10 Å². The highest BCUT2D eigenvalue weighted by Crippen LogP contribution is 2.38. The molecule has 1 aliphatic carbocycles. The molecule has 0 saturated heterocycles. The third kappa shape index (κ3) is 1.72. The molecule has 2 atom stereocenters. The van der Waals surface area contributed by atoms with Gasteiger partial charge in [-0.2, -0.15) is 4.98 Å². The van der Waals surface area contributed by atoms with Gasteiger partial charge in [-0.25, -0.2) is 0 Å². The monoisotopic (exact) mass is 245 g/mol. The van der Waals surface area contributed by atoms with Gasteiger partial charge in [-0.05, 0) is 17.5 Å². The molecule has 0 spiro atoms. The summed E-state index contributed by atoms with van der Waals surface area (Å²) in [7, 11) is 1.58. The second-order valence-electron chi connectivity index (χ2n) is 4.41. The number of nitrogens with zero attached hydrogens (tertiary/aromatic N) is 2. The number of ether oxygens (including phenoxy) is 1. The van der Waals surface area contributed by atoms with Crippen LogP contribution in [0.15, 0.2) is 28.8 Å². The van der Waals surface area contributed by atoms with Crippen molar-refractivity contribution in [1.29, 1.82) is 0 Å². The summed E-state index contributed by atoms with van der Waals surface area (Å²) >= 11 is 0. The first-order valence-corrected chi connectivity index (χ1v) is 5.97. The van der Waals surface area contributed by atoms with E-state index in [1.165, 1.54) is 11.1 Å². The largest absolute Gasteiger partial charge is 0.370 e. The maximum atomic E-state index is 5.57. The zero-order chi connectivity index (χ0) is 12.5. The first-order chi connectivity index (χ1) is 8.83. The smallest absolute Gasteiger partial charge is 0.257 e. The van der Waals surface area contributed by atoms with E-state index in [2.05, 4.69) is 22.3 Å². The van der Waals surface area contributed by atoms with Gasteiger partial charge in [-0.15, -0.1) is 0 Å². The van der Waals surface area contributed by atoms with E-state index in [4.69, 9.17) is 15.0 Å². The number of hydrogen-bond acceptors (Lipinski definition) is 5. The van der Waals surface area contributed by atoms with E-state index in [0.29, 0.717) is 12.4 Å². The van der Waals surface area contributed by atoms with Crippen LogP contribution in [0.25, 0.3) is 0 Å². The highest BCUT2D eigenvalue weighted by Gasteiger charge is 2.31. The molecule has 5 nitrogen and oxygen atoms in total. The SMILES string of the molecule is COC(CN)c1nc(C2Cc3ccccc32)no1. The molecule has 3 rings (SSSR count). The Hall–Kier alpha value is -1.72. The highest BCUT2D eigenvalue weighted by molar-refractivity contribution is 5.43. The fraction of sp³-hybridized carbons (Fsp3) is 0.385. The predicted molar refractivity (Wildman–Crippen MR) is 65.1 cm³/mol. The lowest BCUT2D eigenvalue weighted by Crippen LogP contribution is -2.19. The molecule has 2 aromatic rings. The summed E-state index contributed by atoms with van der Waals surface area (Å²) in [5, 5.41) is 4.03. The van der Waals surface area contributed by atoms with E-state index in [-0.39, 0.29) is 12.0 Å². The second-order valence-corrected chi connectivity index (χ2v) is 4.41. The summed E-state index contributed by atoms with van der Waals surface area (Å²) in [6.07, 6.45) is 0.650. The van der Waals surface area contributed by atoms with E-state index in [9.17, 15) is 0 Å². The predicted octanol–water partition coefficient (Wildman–Crippen LogP) is 1.40. The minimum absolute atomic E-state index is 0.244. The van der Waals surface area contributed by atoms with Crippen LogP contribution in [0.3, 0.4) is 0 Å². The molecular formula is C13H15N3O2. The van der Waals surface area contributed by atoms with Gasteiger partial charge in [-0.1, -0.05) is 29.4 Å². The van der Waals surface area contributed by atoms with Crippen molar-refractivity contribution in [2.45, 2.75) is 18.4 Å². The van der Waals surface area contributed by atoms with Crippen molar-refractivity contribution >= 4 is 0 Å². The molecule has 1 aromatic heterocycles. The van der Waals surface area contributed by atoms with E-state index in [0.717, 1.165) is 12.2 Å². The molecule has 0 bridgehead atoms. The van der Waals surface area contributed by atoms with Gasteiger partial charge >= 0.3 is 0 Å². The molecular weight excluding hydrogens is 230 g/mol. The van der Waals surface area contributed by atoms with Gasteiger partial charge < -0.3 is 15.0 Å². The molecule has 94 valence electrons. The molecule has 5 heteroatoms. The molecule has 1 heterocycles. The van der Waals surface area contributed by atoms with Crippen LogP contribution in [0.5, 0.6) is 0 Å². The zero-order valence-corrected chi connectivity index (χ0v) is 10.2. The molecule has 1 aromatic carbocycles. The van der Waals surface area contributed by atoms with Crippen LogP contribution in [-0.4, -0.2) is 23.8 Å². The Morgan fingerprint density at radius 1 is 1.50 bits per heavy atom. The number of fused-ring (bicyclic) bond motifs is 1. The molecule has 0 aliphatic heterocycles. The minimum atomic E-state index is -0.318. The quantitative estimate of drug-likeness (QED) is 0.881. The summed E-state index contributed by atoms with van der Waals surface area (Å²) in [5.41, 5.74) is 8.21. The molecule has 0 amide bonds. The highest BCUT2D eigenvalue weighted by atomic mass is 16.5. The average Bonchev–Trinajstić information content (AvgIpc) is 2.82. The Morgan fingerprint density at radius 3 is 3.06 bits per heavy atom. The molecule has 0 fully saturated rings. The van der Waals surface area contributed by atoms with Gasteiger partial charge in [0.25, 0.3) is 5.89 Å². The van der Waals surface area contributed by atoms with Crippen LogP contribution in [0.1, 0.15) is 34.9 Å². The molecule has 2 N–H and O–H groups in total. The van der Waals surface area contributed by atoms with Crippen LogP contribution >= 0.6 is 0 Å². The minimum Gasteiger partial charge on any atom is -0.370 e. The number of benzene rings is 1. The standard InChI is InChI=1S/C13H15N3O2/c1-17-11(7-14)13-15-12(16-18-13)10-6-8-4-2-3-5-9(8)10/h2-5,10-11H,6-7,14H2,1H3. The van der Waals surface area contributed by atoms with Gasteiger partial charge in [0.05, 0.1) is 5.92 Å². The Labute approximate surface area is 105 Å². The van der Waals surface area contributed by atoms with Crippen molar-refractivity contribution in [3.05, 3.63) is 47.1 Å². The molecule has 0 radical (unpaired) electrons. The van der Waals surface area contributed by atoms with E-state index < -0.39 is 0 Å². The Kier molecular flexibility index (Phi) is 2.85. The van der Waals surface area contributed by atoms with Gasteiger partial charge in [0.15, 0.2) is 5.82 Å². The van der Waals surface area contributed by atoms with Gasteiger partial charge in [-0.3, -0.25) is 0 Å². The summed E-state index contributed by atoms with van der Waals surface area (Å²) in [6, 6.07) is 8.32. The zero-order valence-electron chi connectivity index (χ0n) is 10.2. The number of hydrogen-bond donors (Lipinski definition) is 1. The fourth-order valence-electron chi connectivity index (χ4n) is 2.31. The molecule has 2 unspecified atom stereocenters. The van der Waals surface area contributed by atoms with Gasteiger partial charge in [0, 0.05) is 13.7 Å². The van der Waals surface area contributed by atoms with Crippen LogP contribution in [0.4, 0.5) is 0 Å². The molecule has 1 aliphatic rings. The fourth-order valence-corrected chi connectivity index (χ4v) is 2.31. The van der Waals surface area contributed by atoms with Gasteiger partial charge in [0.2, 0.25) is 0 Å². The van der Waals surface area contributed by atoms with Crippen molar-refractivity contribution < 1.29 is 9.26 Å². The number of nitrogens with two attached hydrogens (primary N) is 1. The lowest BCUT2D eigenvalue weighted by atomic mass is 9.77. The summed E-state index contributed by atoms with van der Waals surface area (Å²) in [4.78, 5) is 4.39. The number of aromatic nitrogens is 2. The van der Waals surface area contributed by atoms with Crippen molar-refractivity contribution in [1.82, 2.24) is 10.1 Å². The van der Waals surface area contributed by atoms with E-state index >= 15 is 0 Å².